The molecule has 0 saturated carbocycles. The Kier molecular flexibility index (Phi) is 4.88. The summed E-state index contributed by atoms with van der Waals surface area (Å²) in [5.41, 5.74) is 1.89. The molecule has 6 heteroatoms. The van der Waals surface area contributed by atoms with E-state index in [0.29, 0.717) is 18.0 Å². The third-order valence-electron chi connectivity index (χ3n) is 4.53. The van der Waals surface area contributed by atoms with Crippen molar-refractivity contribution in [3.05, 3.63) is 41.7 Å². The molecule has 0 aliphatic carbocycles. The van der Waals surface area contributed by atoms with Gasteiger partial charge >= 0.3 is 0 Å². The van der Waals surface area contributed by atoms with Crippen LogP contribution in [0.5, 0.6) is 11.5 Å². The fourth-order valence-electron chi connectivity index (χ4n) is 3.11. The fourth-order valence-corrected chi connectivity index (χ4v) is 3.11. The van der Waals surface area contributed by atoms with Crippen molar-refractivity contribution in [2.75, 3.05) is 13.1 Å². The van der Waals surface area contributed by atoms with Crippen LogP contribution in [-0.2, 0) is 4.79 Å². The molecular formula is C19H23N3O3. The molecule has 1 unspecified atom stereocenters. The molecule has 1 amide bonds. The lowest BCUT2D eigenvalue weighted by molar-refractivity contribution is -0.130. The third-order valence-corrected chi connectivity index (χ3v) is 4.53. The Labute approximate surface area is 147 Å². The second-order valence-electron chi connectivity index (χ2n) is 6.56. The Hall–Kier alpha value is -2.63. The van der Waals surface area contributed by atoms with Gasteiger partial charge in [0, 0.05) is 32.9 Å². The Morgan fingerprint density at radius 1 is 1.16 bits per heavy atom. The molecule has 0 N–H and O–H groups in total. The molecule has 0 bridgehead atoms. The predicted octanol–water partition coefficient (Wildman–Crippen LogP) is 3.37. The van der Waals surface area contributed by atoms with Crippen LogP contribution in [0.4, 0.5) is 0 Å². The summed E-state index contributed by atoms with van der Waals surface area (Å²) in [5, 5.41) is 4.45. The summed E-state index contributed by atoms with van der Waals surface area (Å²) in [5.74, 6) is 1.25. The molecule has 2 heterocycles. The Bertz CT molecular complexity index is 780. The van der Waals surface area contributed by atoms with Gasteiger partial charge in [-0.1, -0.05) is 17.7 Å². The van der Waals surface area contributed by atoms with Gasteiger partial charge in [-0.25, -0.2) is 4.68 Å². The van der Waals surface area contributed by atoms with Gasteiger partial charge in [-0.15, -0.1) is 0 Å². The molecule has 132 valence electrons. The van der Waals surface area contributed by atoms with E-state index >= 15 is 0 Å². The summed E-state index contributed by atoms with van der Waals surface area (Å²) in [6, 6.07) is 7.74. The third kappa shape index (κ3) is 3.90. The van der Waals surface area contributed by atoms with Gasteiger partial charge in [-0.2, -0.15) is 5.10 Å². The first-order chi connectivity index (χ1) is 11.9. The van der Waals surface area contributed by atoms with E-state index in [1.807, 2.05) is 36.1 Å². The molecule has 1 atom stereocenters. The van der Waals surface area contributed by atoms with E-state index in [0.717, 1.165) is 30.6 Å². The Morgan fingerprint density at radius 2 is 1.88 bits per heavy atom. The Morgan fingerprint density at radius 3 is 2.52 bits per heavy atom. The van der Waals surface area contributed by atoms with Gasteiger partial charge in [0.05, 0.1) is 6.20 Å². The van der Waals surface area contributed by atoms with E-state index in [9.17, 15) is 9.59 Å². The van der Waals surface area contributed by atoms with E-state index in [2.05, 4.69) is 5.10 Å². The zero-order valence-electron chi connectivity index (χ0n) is 14.9. The van der Waals surface area contributed by atoms with Crippen molar-refractivity contribution >= 4 is 11.8 Å². The first kappa shape index (κ1) is 17.2. The number of rotatable bonds is 3. The molecule has 1 saturated heterocycles. The van der Waals surface area contributed by atoms with Gasteiger partial charge in [0.2, 0.25) is 11.8 Å². The van der Waals surface area contributed by atoms with Crippen molar-refractivity contribution in [1.29, 1.82) is 0 Å². The van der Waals surface area contributed by atoms with Crippen molar-refractivity contribution in [3.8, 4) is 11.5 Å². The standard InChI is InChI=1S/C19H23N3O3/c1-13-6-8-17(9-7-13)25-18-12-22(15(3)24)20-19(18)16-5-4-10-21(11-16)14(2)23/h6-9,12,16H,4-5,10-11H2,1-3H3. The maximum Gasteiger partial charge on any atom is 0.243 e. The number of ether oxygens (including phenoxy) is 1. The van der Waals surface area contributed by atoms with Crippen molar-refractivity contribution in [2.45, 2.75) is 39.5 Å². The molecular weight excluding hydrogens is 318 g/mol. The minimum absolute atomic E-state index is 0.0664. The van der Waals surface area contributed by atoms with Crippen molar-refractivity contribution in [3.63, 3.8) is 0 Å². The Balaban J connectivity index is 1.90. The van der Waals surface area contributed by atoms with Crippen LogP contribution in [-0.4, -0.2) is 39.6 Å². The van der Waals surface area contributed by atoms with Crippen LogP contribution in [0.2, 0.25) is 0 Å². The highest BCUT2D eigenvalue weighted by Gasteiger charge is 2.28. The van der Waals surface area contributed by atoms with Gasteiger partial charge in [-0.3, -0.25) is 9.59 Å². The number of carbonyl (C=O) groups excluding carboxylic acids is 2. The highest BCUT2D eigenvalue weighted by molar-refractivity contribution is 5.75. The number of nitrogens with zero attached hydrogens (tertiary/aromatic N) is 3. The second kappa shape index (κ2) is 7.09. The zero-order valence-corrected chi connectivity index (χ0v) is 14.9. The lowest BCUT2D eigenvalue weighted by Crippen LogP contribution is -2.37. The maximum absolute atomic E-state index is 11.7. The van der Waals surface area contributed by atoms with Crippen molar-refractivity contribution < 1.29 is 14.3 Å². The summed E-state index contributed by atoms with van der Waals surface area (Å²) in [7, 11) is 0. The molecule has 25 heavy (non-hydrogen) atoms. The van der Waals surface area contributed by atoms with Crippen LogP contribution in [0.1, 0.15) is 48.7 Å². The van der Waals surface area contributed by atoms with Gasteiger partial charge in [0.1, 0.15) is 11.4 Å². The van der Waals surface area contributed by atoms with Crippen LogP contribution in [0.25, 0.3) is 0 Å². The molecule has 1 aromatic carbocycles. The summed E-state index contributed by atoms with van der Waals surface area (Å²) in [6.07, 6.45) is 3.47. The van der Waals surface area contributed by atoms with E-state index in [4.69, 9.17) is 4.74 Å². The minimum atomic E-state index is -0.167. The van der Waals surface area contributed by atoms with Crippen LogP contribution >= 0.6 is 0 Å². The average molecular weight is 341 g/mol. The van der Waals surface area contributed by atoms with Gasteiger partial charge < -0.3 is 9.64 Å². The van der Waals surface area contributed by atoms with Gasteiger partial charge in [-0.05, 0) is 31.9 Å². The number of hydrogen-bond acceptors (Lipinski definition) is 4. The quantitative estimate of drug-likeness (QED) is 0.858. The van der Waals surface area contributed by atoms with E-state index in [-0.39, 0.29) is 17.7 Å². The molecule has 0 spiro atoms. The van der Waals surface area contributed by atoms with Crippen molar-refractivity contribution in [1.82, 2.24) is 14.7 Å². The summed E-state index contributed by atoms with van der Waals surface area (Å²) < 4.78 is 7.32. The number of carbonyl (C=O) groups is 2. The fraction of sp³-hybridized carbons (Fsp3) is 0.421. The van der Waals surface area contributed by atoms with E-state index in [1.165, 1.54) is 11.6 Å². The summed E-state index contributed by atoms with van der Waals surface area (Å²) in [4.78, 5) is 25.3. The first-order valence-electron chi connectivity index (χ1n) is 8.54. The van der Waals surface area contributed by atoms with E-state index in [1.54, 1.807) is 13.1 Å². The lowest BCUT2D eigenvalue weighted by atomic mass is 9.94. The van der Waals surface area contributed by atoms with Crippen LogP contribution in [0.3, 0.4) is 0 Å². The highest BCUT2D eigenvalue weighted by Crippen LogP contribution is 2.34. The monoisotopic (exact) mass is 341 g/mol. The first-order valence-corrected chi connectivity index (χ1v) is 8.54. The van der Waals surface area contributed by atoms with Gasteiger partial charge in [0.15, 0.2) is 5.75 Å². The van der Waals surface area contributed by atoms with Crippen molar-refractivity contribution in [2.24, 2.45) is 0 Å². The number of aryl methyl sites for hydroxylation is 1. The molecule has 6 nitrogen and oxygen atoms in total. The number of aromatic nitrogens is 2. The molecule has 3 rings (SSSR count). The SMILES string of the molecule is CC(=O)N1CCCC(c2nn(C(C)=O)cc2Oc2ccc(C)cc2)C1. The van der Waals surface area contributed by atoms with Gasteiger partial charge in [0.25, 0.3) is 0 Å². The molecule has 1 aliphatic heterocycles. The summed E-state index contributed by atoms with van der Waals surface area (Å²) in [6.45, 7) is 6.44. The highest BCUT2D eigenvalue weighted by atomic mass is 16.5. The molecule has 1 aromatic heterocycles. The summed E-state index contributed by atoms with van der Waals surface area (Å²) >= 11 is 0. The lowest BCUT2D eigenvalue weighted by Gasteiger charge is -2.31. The largest absolute Gasteiger partial charge is 0.454 e. The van der Waals surface area contributed by atoms with Crippen LogP contribution in [0, 0.1) is 6.92 Å². The maximum atomic E-state index is 11.7. The predicted molar refractivity (Wildman–Crippen MR) is 94.0 cm³/mol. The normalized spacial score (nSPS) is 17.4. The minimum Gasteiger partial charge on any atom is -0.454 e. The number of hydrogen-bond donors (Lipinski definition) is 0. The molecule has 1 fully saturated rings. The topological polar surface area (TPSA) is 64.4 Å². The van der Waals surface area contributed by atoms with E-state index < -0.39 is 0 Å². The van der Waals surface area contributed by atoms with Crippen LogP contribution < -0.4 is 4.74 Å². The number of amides is 1. The zero-order chi connectivity index (χ0) is 18.0. The number of benzene rings is 1. The number of piperidine rings is 1. The molecule has 0 radical (unpaired) electrons. The molecule has 1 aliphatic rings. The number of likely N-dealkylation sites (tertiary alicyclic amines) is 1. The smallest absolute Gasteiger partial charge is 0.243 e. The average Bonchev–Trinajstić information content (AvgIpc) is 3.01. The van der Waals surface area contributed by atoms with Crippen LogP contribution in [0.15, 0.2) is 30.5 Å². The molecule has 2 aromatic rings. The second-order valence-corrected chi connectivity index (χ2v) is 6.56.